The minimum absolute atomic E-state index is 0.213. The smallest absolute Gasteiger partial charge is 0.0701 e. The second-order valence-corrected chi connectivity index (χ2v) is 7.61. The Morgan fingerprint density at radius 2 is 2.12 bits per heavy atom. The van der Waals surface area contributed by atoms with Crippen LogP contribution in [0.15, 0.2) is 15.9 Å². The van der Waals surface area contributed by atoms with Crippen molar-refractivity contribution in [3.8, 4) is 0 Å². The molecule has 0 saturated carbocycles. The first-order valence-electron chi connectivity index (χ1n) is 5.56. The maximum absolute atomic E-state index is 5.73. The van der Waals surface area contributed by atoms with Crippen molar-refractivity contribution < 1.29 is 0 Å². The van der Waals surface area contributed by atoms with Crippen LogP contribution < -0.4 is 5.73 Å². The standard InChI is InChI=1S/C12H21BrN2S/c1-12(2,8-14)9-15(3)7-6-10-4-5-11(13)16-10/h4-5H,6-9,14H2,1-3H3. The van der Waals surface area contributed by atoms with Gasteiger partial charge in [-0.1, -0.05) is 13.8 Å². The molecule has 0 fully saturated rings. The lowest BCUT2D eigenvalue weighted by Crippen LogP contribution is -2.37. The Balaban J connectivity index is 2.33. The van der Waals surface area contributed by atoms with Crippen molar-refractivity contribution >= 4 is 27.3 Å². The van der Waals surface area contributed by atoms with Crippen molar-refractivity contribution in [2.24, 2.45) is 11.1 Å². The van der Waals surface area contributed by atoms with Gasteiger partial charge in [-0.3, -0.25) is 0 Å². The molecular weight excluding hydrogens is 284 g/mol. The van der Waals surface area contributed by atoms with Gasteiger partial charge in [0.15, 0.2) is 0 Å². The summed E-state index contributed by atoms with van der Waals surface area (Å²) < 4.78 is 1.22. The Bertz CT molecular complexity index is 323. The minimum Gasteiger partial charge on any atom is -0.330 e. The summed E-state index contributed by atoms with van der Waals surface area (Å²) in [6.45, 7) is 7.31. The normalized spacial score (nSPS) is 12.4. The molecule has 1 aromatic heterocycles. The lowest BCUT2D eigenvalue weighted by atomic mass is 9.93. The highest BCUT2D eigenvalue weighted by Crippen LogP contribution is 2.22. The van der Waals surface area contributed by atoms with E-state index in [1.807, 2.05) is 11.3 Å². The fourth-order valence-electron chi connectivity index (χ4n) is 1.66. The van der Waals surface area contributed by atoms with Crippen molar-refractivity contribution in [2.45, 2.75) is 20.3 Å². The van der Waals surface area contributed by atoms with Crippen molar-refractivity contribution in [3.63, 3.8) is 0 Å². The lowest BCUT2D eigenvalue weighted by molar-refractivity contribution is 0.218. The Kier molecular flexibility index (Phi) is 5.44. The van der Waals surface area contributed by atoms with Crippen molar-refractivity contribution in [2.75, 3.05) is 26.7 Å². The summed E-state index contributed by atoms with van der Waals surface area (Å²) in [5.74, 6) is 0. The van der Waals surface area contributed by atoms with Gasteiger partial charge < -0.3 is 10.6 Å². The van der Waals surface area contributed by atoms with Gasteiger partial charge in [-0.25, -0.2) is 0 Å². The number of hydrogen-bond donors (Lipinski definition) is 1. The summed E-state index contributed by atoms with van der Waals surface area (Å²) in [5, 5.41) is 0. The van der Waals surface area contributed by atoms with Crippen LogP contribution in [0.5, 0.6) is 0 Å². The van der Waals surface area contributed by atoms with Crippen LogP contribution in [-0.2, 0) is 6.42 Å². The third-order valence-corrected chi connectivity index (χ3v) is 4.30. The van der Waals surface area contributed by atoms with E-state index in [2.05, 4.69) is 53.9 Å². The van der Waals surface area contributed by atoms with Crippen LogP contribution in [0.1, 0.15) is 18.7 Å². The van der Waals surface area contributed by atoms with E-state index in [1.54, 1.807) is 0 Å². The molecule has 0 aliphatic carbocycles. The monoisotopic (exact) mass is 304 g/mol. The number of rotatable bonds is 6. The van der Waals surface area contributed by atoms with Gasteiger partial charge in [0.1, 0.15) is 0 Å². The van der Waals surface area contributed by atoms with E-state index in [0.717, 1.165) is 26.1 Å². The molecule has 4 heteroatoms. The minimum atomic E-state index is 0.213. The highest BCUT2D eigenvalue weighted by molar-refractivity contribution is 9.11. The van der Waals surface area contributed by atoms with Crippen LogP contribution >= 0.6 is 27.3 Å². The van der Waals surface area contributed by atoms with E-state index in [9.17, 15) is 0 Å². The topological polar surface area (TPSA) is 29.3 Å². The Hall–Kier alpha value is 0.1000. The number of nitrogens with two attached hydrogens (primary N) is 1. The molecule has 1 aromatic rings. The van der Waals surface area contributed by atoms with Gasteiger partial charge in [0.25, 0.3) is 0 Å². The second-order valence-electron chi connectivity index (χ2n) is 5.06. The van der Waals surface area contributed by atoms with Gasteiger partial charge in [0.05, 0.1) is 3.79 Å². The van der Waals surface area contributed by atoms with Gasteiger partial charge in [-0.15, -0.1) is 11.3 Å². The van der Waals surface area contributed by atoms with Crippen LogP contribution in [0.3, 0.4) is 0 Å². The molecule has 0 radical (unpaired) electrons. The molecule has 0 unspecified atom stereocenters. The largest absolute Gasteiger partial charge is 0.330 e. The Labute approximate surface area is 111 Å². The third kappa shape index (κ3) is 4.95. The molecule has 0 saturated heterocycles. The van der Waals surface area contributed by atoms with E-state index in [0.29, 0.717) is 0 Å². The average molecular weight is 305 g/mol. The predicted molar refractivity (Wildman–Crippen MR) is 76.1 cm³/mol. The molecule has 2 N–H and O–H groups in total. The third-order valence-electron chi connectivity index (χ3n) is 2.62. The van der Waals surface area contributed by atoms with Gasteiger partial charge in [0.2, 0.25) is 0 Å². The lowest BCUT2D eigenvalue weighted by Gasteiger charge is -2.28. The number of halogens is 1. The molecular formula is C12H21BrN2S. The molecule has 0 spiro atoms. The van der Waals surface area contributed by atoms with Crippen LogP contribution in [-0.4, -0.2) is 31.6 Å². The molecule has 0 aliphatic heterocycles. The van der Waals surface area contributed by atoms with E-state index in [1.165, 1.54) is 8.66 Å². The first kappa shape index (κ1) is 14.2. The van der Waals surface area contributed by atoms with Crippen LogP contribution in [0.25, 0.3) is 0 Å². The van der Waals surface area contributed by atoms with Crippen LogP contribution in [0.4, 0.5) is 0 Å². The summed E-state index contributed by atoms with van der Waals surface area (Å²) in [6, 6.07) is 4.31. The molecule has 1 rings (SSSR count). The van der Waals surface area contributed by atoms with E-state index >= 15 is 0 Å². The zero-order valence-corrected chi connectivity index (χ0v) is 12.7. The van der Waals surface area contributed by atoms with Crippen molar-refractivity contribution in [1.82, 2.24) is 4.90 Å². The quantitative estimate of drug-likeness (QED) is 0.875. The Morgan fingerprint density at radius 3 is 2.62 bits per heavy atom. The molecule has 0 atom stereocenters. The Morgan fingerprint density at radius 1 is 1.44 bits per heavy atom. The van der Waals surface area contributed by atoms with Gasteiger partial charge >= 0.3 is 0 Å². The number of thiophene rings is 1. The summed E-state index contributed by atoms with van der Waals surface area (Å²) >= 11 is 5.31. The van der Waals surface area contributed by atoms with E-state index in [4.69, 9.17) is 5.73 Å². The fraction of sp³-hybridized carbons (Fsp3) is 0.667. The highest BCUT2D eigenvalue weighted by Gasteiger charge is 2.17. The summed E-state index contributed by atoms with van der Waals surface area (Å²) in [7, 11) is 2.17. The molecule has 0 aromatic carbocycles. The van der Waals surface area contributed by atoms with Gasteiger partial charge in [-0.05, 0) is 53.5 Å². The molecule has 16 heavy (non-hydrogen) atoms. The summed E-state index contributed by atoms with van der Waals surface area (Å²) in [6.07, 6.45) is 1.12. The second kappa shape index (κ2) is 6.15. The number of likely N-dealkylation sites (N-methyl/N-ethyl adjacent to an activating group) is 1. The number of nitrogens with zero attached hydrogens (tertiary/aromatic N) is 1. The molecule has 2 nitrogen and oxygen atoms in total. The summed E-state index contributed by atoms with van der Waals surface area (Å²) in [5.41, 5.74) is 5.95. The maximum atomic E-state index is 5.73. The van der Waals surface area contributed by atoms with Gasteiger partial charge in [-0.2, -0.15) is 0 Å². The highest BCUT2D eigenvalue weighted by atomic mass is 79.9. The zero-order valence-electron chi connectivity index (χ0n) is 10.3. The SMILES string of the molecule is CN(CCc1ccc(Br)s1)CC(C)(C)CN. The molecule has 0 bridgehead atoms. The van der Waals surface area contributed by atoms with Crippen molar-refractivity contribution in [1.29, 1.82) is 0 Å². The first-order valence-corrected chi connectivity index (χ1v) is 7.17. The first-order chi connectivity index (χ1) is 7.43. The number of hydrogen-bond acceptors (Lipinski definition) is 3. The maximum Gasteiger partial charge on any atom is 0.0701 e. The molecule has 0 aliphatic rings. The van der Waals surface area contributed by atoms with Crippen LogP contribution in [0.2, 0.25) is 0 Å². The average Bonchev–Trinajstić information content (AvgIpc) is 2.61. The van der Waals surface area contributed by atoms with Crippen molar-refractivity contribution in [3.05, 3.63) is 20.8 Å². The molecule has 1 heterocycles. The predicted octanol–water partition coefficient (Wildman–Crippen LogP) is 2.97. The molecule has 92 valence electrons. The van der Waals surface area contributed by atoms with E-state index < -0.39 is 0 Å². The molecule has 0 amide bonds. The van der Waals surface area contributed by atoms with Crippen LogP contribution in [0, 0.1) is 5.41 Å². The van der Waals surface area contributed by atoms with Gasteiger partial charge in [0, 0.05) is 18.0 Å². The fourth-order valence-corrected chi connectivity index (χ4v) is 3.13. The zero-order chi connectivity index (χ0) is 12.2. The van der Waals surface area contributed by atoms with E-state index in [-0.39, 0.29) is 5.41 Å². The summed E-state index contributed by atoms with van der Waals surface area (Å²) in [4.78, 5) is 3.80.